The van der Waals surface area contributed by atoms with E-state index in [1.165, 1.54) is 11.3 Å². The lowest BCUT2D eigenvalue weighted by Gasteiger charge is -2.34. The van der Waals surface area contributed by atoms with Crippen LogP contribution in [-0.2, 0) is 4.79 Å². The molecule has 1 aromatic rings. The van der Waals surface area contributed by atoms with Gasteiger partial charge < -0.3 is 10.2 Å². The number of nitrogens with one attached hydrogen (secondary N) is 1. The summed E-state index contributed by atoms with van der Waals surface area (Å²) in [6.07, 6.45) is 0. The smallest absolute Gasteiger partial charge is 0.264 e. The predicted molar refractivity (Wildman–Crippen MR) is 86.1 cm³/mol. The van der Waals surface area contributed by atoms with E-state index in [2.05, 4.69) is 42.1 Å². The Hall–Kier alpha value is -0.440. The average Bonchev–Trinajstić information content (AvgIpc) is 2.78. The van der Waals surface area contributed by atoms with E-state index in [9.17, 15) is 9.59 Å². The molecule has 0 radical (unpaired) electrons. The van der Waals surface area contributed by atoms with Crippen molar-refractivity contribution in [3.8, 4) is 0 Å². The monoisotopic (exact) mass is 423 g/mol. The number of carbonyl (C=O) groups excluding carboxylic acids is 2. The van der Waals surface area contributed by atoms with Gasteiger partial charge in [-0.2, -0.15) is 0 Å². The highest BCUT2D eigenvalue weighted by atomic mass is 79.9. The number of carbonyl (C=O) groups is 2. The lowest BCUT2D eigenvalue weighted by molar-refractivity contribution is -0.122. The van der Waals surface area contributed by atoms with Gasteiger partial charge in [0.2, 0.25) is 5.91 Å². The molecule has 0 aromatic carbocycles. The third kappa shape index (κ3) is 3.81. The van der Waals surface area contributed by atoms with Gasteiger partial charge in [-0.1, -0.05) is 0 Å². The summed E-state index contributed by atoms with van der Waals surface area (Å²) in [5.41, 5.74) is 0. The number of thiophene rings is 1. The fourth-order valence-corrected chi connectivity index (χ4v) is 4.00. The van der Waals surface area contributed by atoms with Crippen molar-refractivity contribution < 1.29 is 9.59 Å². The first kappa shape index (κ1) is 15.9. The van der Waals surface area contributed by atoms with Gasteiger partial charge in [0, 0.05) is 37.7 Å². The summed E-state index contributed by atoms with van der Waals surface area (Å²) in [6, 6.07) is 1.84. The van der Waals surface area contributed by atoms with Gasteiger partial charge in [0.05, 0.1) is 15.2 Å². The molecule has 2 amide bonds. The van der Waals surface area contributed by atoms with E-state index in [4.69, 9.17) is 0 Å². The summed E-state index contributed by atoms with van der Waals surface area (Å²) < 4.78 is 1.84. The Labute approximate surface area is 138 Å². The maximum absolute atomic E-state index is 12.3. The molecule has 1 aromatic heterocycles. The highest BCUT2D eigenvalue weighted by molar-refractivity contribution is 9.13. The molecule has 1 N–H and O–H groups in total. The van der Waals surface area contributed by atoms with E-state index in [0.717, 1.165) is 26.2 Å². The van der Waals surface area contributed by atoms with Gasteiger partial charge in [-0.05, 0) is 37.9 Å². The van der Waals surface area contributed by atoms with Crippen LogP contribution in [0.15, 0.2) is 14.3 Å². The topological polar surface area (TPSA) is 52.7 Å². The SMILES string of the molecule is CNC(=O)CN1CCN(C(=O)c2cc(Br)c(Br)s2)CC1. The molecule has 1 aliphatic rings. The Bertz CT molecular complexity index is 493. The molecule has 0 bridgehead atoms. The molecule has 2 rings (SSSR count). The van der Waals surface area contributed by atoms with Crippen LogP contribution in [0, 0.1) is 0 Å². The van der Waals surface area contributed by atoms with Gasteiger partial charge in [0.1, 0.15) is 0 Å². The molecule has 110 valence electrons. The zero-order chi connectivity index (χ0) is 14.7. The first-order valence-electron chi connectivity index (χ1n) is 6.18. The average molecular weight is 425 g/mol. The number of amides is 2. The third-order valence-corrected chi connectivity index (χ3v) is 6.41. The second-order valence-corrected chi connectivity index (χ2v) is 7.70. The van der Waals surface area contributed by atoms with E-state index in [0.29, 0.717) is 19.6 Å². The lowest BCUT2D eigenvalue weighted by atomic mass is 10.3. The summed E-state index contributed by atoms with van der Waals surface area (Å²) in [6.45, 7) is 3.17. The van der Waals surface area contributed by atoms with Gasteiger partial charge in [-0.3, -0.25) is 14.5 Å². The number of hydrogen-bond acceptors (Lipinski definition) is 4. The fourth-order valence-electron chi connectivity index (χ4n) is 2.00. The van der Waals surface area contributed by atoms with Crippen LogP contribution in [0.25, 0.3) is 0 Å². The standard InChI is InChI=1S/C12H15Br2N3O2S/c1-15-10(18)7-16-2-4-17(5-3-16)12(19)9-6-8(13)11(14)20-9/h6H,2-5,7H2,1H3,(H,15,18). The molecule has 0 saturated carbocycles. The van der Waals surface area contributed by atoms with E-state index in [1.54, 1.807) is 7.05 Å². The first-order valence-corrected chi connectivity index (χ1v) is 8.58. The van der Waals surface area contributed by atoms with Crippen molar-refractivity contribution in [2.24, 2.45) is 0 Å². The fraction of sp³-hybridized carbons (Fsp3) is 0.500. The van der Waals surface area contributed by atoms with Crippen molar-refractivity contribution in [1.82, 2.24) is 15.1 Å². The number of halogens is 2. The van der Waals surface area contributed by atoms with Crippen molar-refractivity contribution in [3.05, 3.63) is 19.2 Å². The number of hydrogen-bond donors (Lipinski definition) is 1. The highest BCUT2D eigenvalue weighted by Gasteiger charge is 2.24. The van der Waals surface area contributed by atoms with Crippen molar-refractivity contribution in [2.45, 2.75) is 0 Å². The minimum Gasteiger partial charge on any atom is -0.358 e. The van der Waals surface area contributed by atoms with E-state index in [1.807, 2.05) is 11.0 Å². The van der Waals surface area contributed by atoms with E-state index >= 15 is 0 Å². The van der Waals surface area contributed by atoms with Gasteiger partial charge in [-0.25, -0.2) is 0 Å². The minimum atomic E-state index is 0.0101. The summed E-state index contributed by atoms with van der Waals surface area (Å²) in [5, 5.41) is 2.61. The van der Waals surface area contributed by atoms with Crippen molar-refractivity contribution in [2.75, 3.05) is 39.8 Å². The Morgan fingerprint density at radius 3 is 2.45 bits per heavy atom. The van der Waals surface area contributed by atoms with Crippen LogP contribution in [0.5, 0.6) is 0 Å². The Morgan fingerprint density at radius 2 is 1.95 bits per heavy atom. The molecule has 0 atom stereocenters. The van der Waals surface area contributed by atoms with Crippen LogP contribution >= 0.6 is 43.2 Å². The zero-order valence-electron chi connectivity index (χ0n) is 11.0. The summed E-state index contributed by atoms with van der Waals surface area (Å²) in [4.78, 5) is 28.3. The van der Waals surface area contributed by atoms with Gasteiger partial charge in [0.15, 0.2) is 0 Å². The van der Waals surface area contributed by atoms with Crippen LogP contribution < -0.4 is 5.32 Å². The second kappa shape index (κ2) is 7.02. The lowest BCUT2D eigenvalue weighted by Crippen LogP contribution is -2.50. The van der Waals surface area contributed by atoms with Gasteiger partial charge >= 0.3 is 0 Å². The number of piperazine rings is 1. The highest BCUT2D eigenvalue weighted by Crippen LogP contribution is 2.33. The van der Waals surface area contributed by atoms with Crippen LogP contribution in [-0.4, -0.2) is 61.4 Å². The van der Waals surface area contributed by atoms with Crippen molar-refractivity contribution >= 4 is 55.0 Å². The number of rotatable bonds is 3. The van der Waals surface area contributed by atoms with E-state index in [-0.39, 0.29) is 11.8 Å². The normalized spacial score (nSPS) is 16.2. The Kier molecular flexibility index (Phi) is 5.59. The molecular weight excluding hydrogens is 410 g/mol. The molecule has 1 fully saturated rings. The van der Waals surface area contributed by atoms with E-state index < -0.39 is 0 Å². The predicted octanol–water partition coefficient (Wildman–Crippen LogP) is 1.78. The zero-order valence-corrected chi connectivity index (χ0v) is 15.0. The largest absolute Gasteiger partial charge is 0.358 e. The molecule has 5 nitrogen and oxygen atoms in total. The second-order valence-electron chi connectivity index (χ2n) is 4.47. The Morgan fingerprint density at radius 1 is 1.30 bits per heavy atom. The Balaban J connectivity index is 1.90. The maximum atomic E-state index is 12.3. The maximum Gasteiger partial charge on any atom is 0.264 e. The minimum absolute atomic E-state index is 0.0101. The summed E-state index contributed by atoms with van der Waals surface area (Å²) in [7, 11) is 1.63. The molecular formula is C12H15Br2N3O2S. The molecule has 1 aliphatic heterocycles. The first-order chi connectivity index (χ1) is 9.51. The van der Waals surface area contributed by atoms with Crippen molar-refractivity contribution in [3.63, 3.8) is 0 Å². The van der Waals surface area contributed by atoms with Crippen LogP contribution in [0.1, 0.15) is 9.67 Å². The van der Waals surface area contributed by atoms with Crippen LogP contribution in [0.4, 0.5) is 0 Å². The van der Waals surface area contributed by atoms with Gasteiger partial charge in [-0.15, -0.1) is 11.3 Å². The molecule has 20 heavy (non-hydrogen) atoms. The molecule has 0 unspecified atom stereocenters. The summed E-state index contributed by atoms with van der Waals surface area (Å²) >= 11 is 8.23. The number of nitrogens with zero attached hydrogens (tertiary/aromatic N) is 2. The molecule has 8 heteroatoms. The van der Waals surface area contributed by atoms with Crippen molar-refractivity contribution in [1.29, 1.82) is 0 Å². The molecule has 2 heterocycles. The molecule has 0 spiro atoms. The third-order valence-electron chi connectivity index (χ3n) is 3.16. The van der Waals surface area contributed by atoms with Crippen LogP contribution in [0.2, 0.25) is 0 Å². The molecule has 0 aliphatic carbocycles. The summed E-state index contributed by atoms with van der Waals surface area (Å²) in [5.74, 6) is 0.0666. The van der Waals surface area contributed by atoms with Gasteiger partial charge in [0.25, 0.3) is 5.91 Å². The number of likely N-dealkylation sites (N-methyl/N-ethyl adjacent to an activating group) is 1. The quantitative estimate of drug-likeness (QED) is 0.804. The van der Waals surface area contributed by atoms with Crippen LogP contribution in [0.3, 0.4) is 0 Å². The molecule has 1 saturated heterocycles.